The van der Waals surface area contributed by atoms with Gasteiger partial charge in [0, 0.05) is 23.4 Å². The summed E-state index contributed by atoms with van der Waals surface area (Å²) in [5, 5.41) is 2.03. The summed E-state index contributed by atoms with van der Waals surface area (Å²) in [6.45, 7) is 11.8. The zero-order chi connectivity index (χ0) is 21.4. The first-order valence-corrected chi connectivity index (χ1v) is 11.2. The van der Waals surface area contributed by atoms with Gasteiger partial charge in [-0.15, -0.1) is 11.3 Å². The lowest BCUT2D eigenvalue weighted by Crippen LogP contribution is -2.47. The number of benzene rings is 1. The van der Waals surface area contributed by atoms with Gasteiger partial charge in [0.1, 0.15) is 0 Å². The molecule has 4 nitrogen and oxygen atoms in total. The molecule has 0 aliphatic rings. The highest BCUT2D eigenvalue weighted by Gasteiger charge is 2.30. The Morgan fingerprint density at radius 2 is 1.69 bits per heavy atom. The molecule has 0 N–H and O–H groups in total. The molecule has 2 rings (SSSR count). The zero-order valence-corrected chi connectivity index (χ0v) is 19.2. The van der Waals surface area contributed by atoms with E-state index in [2.05, 4.69) is 13.8 Å². The third-order valence-corrected chi connectivity index (χ3v) is 5.84. The van der Waals surface area contributed by atoms with Crippen molar-refractivity contribution in [3.8, 4) is 0 Å². The number of carbonyl (C=O) groups is 2. The number of nitrogens with zero attached hydrogens (tertiary/aromatic N) is 2. The van der Waals surface area contributed by atoms with Crippen LogP contribution in [0.2, 0.25) is 0 Å². The molecule has 1 aromatic heterocycles. The molecule has 2 amide bonds. The van der Waals surface area contributed by atoms with Gasteiger partial charge in [-0.05, 0) is 22.9 Å². The third-order valence-electron chi connectivity index (χ3n) is 4.98. The molecule has 0 aliphatic heterocycles. The van der Waals surface area contributed by atoms with Crippen molar-refractivity contribution in [2.24, 2.45) is 11.3 Å². The zero-order valence-electron chi connectivity index (χ0n) is 18.4. The highest BCUT2D eigenvalue weighted by Crippen LogP contribution is 2.20. The average Bonchev–Trinajstić information content (AvgIpc) is 3.19. The first-order chi connectivity index (χ1) is 13.7. The normalized spacial score (nSPS) is 12.4. The number of thiophene rings is 1. The topological polar surface area (TPSA) is 40.6 Å². The van der Waals surface area contributed by atoms with Crippen molar-refractivity contribution < 1.29 is 9.59 Å². The smallest absolute Gasteiger partial charge is 0.242 e. The Morgan fingerprint density at radius 1 is 1.00 bits per heavy atom. The Kier molecular flexibility index (Phi) is 8.45. The van der Waals surface area contributed by atoms with Crippen LogP contribution in [0.3, 0.4) is 0 Å². The van der Waals surface area contributed by atoms with Crippen LogP contribution in [-0.4, -0.2) is 34.7 Å². The predicted molar refractivity (Wildman–Crippen MR) is 121 cm³/mol. The molecule has 1 aromatic carbocycles. The van der Waals surface area contributed by atoms with Crippen LogP contribution in [0.1, 0.15) is 51.5 Å². The second-order valence-electron chi connectivity index (χ2n) is 8.76. The third kappa shape index (κ3) is 7.32. The van der Waals surface area contributed by atoms with Crippen molar-refractivity contribution in [1.29, 1.82) is 0 Å². The average molecular weight is 415 g/mol. The number of hydrogen-bond acceptors (Lipinski definition) is 3. The molecule has 1 atom stereocenters. The Morgan fingerprint density at radius 3 is 2.24 bits per heavy atom. The molecule has 0 saturated carbocycles. The second kappa shape index (κ2) is 10.6. The molecule has 0 spiro atoms. The van der Waals surface area contributed by atoms with Crippen LogP contribution in [-0.2, 0) is 22.7 Å². The minimum Gasteiger partial charge on any atom is -0.333 e. The Hall–Kier alpha value is -2.14. The van der Waals surface area contributed by atoms with Gasteiger partial charge in [0.2, 0.25) is 11.8 Å². The number of carbonyl (C=O) groups excluding carboxylic acids is 2. The fourth-order valence-corrected chi connectivity index (χ4v) is 3.81. The minimum atomic E-state index is -0.508. The Labute approximate surface area is 179 Å². The molecule has 0 unspecified atom stereocenters. The number of rotatable bonds is 9. The number of amides is 2. The van der Waals surface area contributed by atoms with E-state index >= 15 is 0 Å². The van der Waals surface area contributed by atoms with Gasteiger partial charge >= 0.3 is 0 Å². The molecular formula is C24H34N2O2S. The van der Waals surface area contributed by atoms with Gasteiger partial charge in [-0.1, -0.05) is 77.4 Å². The molecule has 0 aliphatic carbocycles. The lowest BCUT2D eigenvalue weighted by Gasteiger charge is -2.33. The van der Waals surface area contributed by atoms with Crippen molar-refractivity contribution in [3.63, 3.8) is 0 Å². The predicted octanol–water partition coefficient (Wildman–Crippen LogP) is 5.20. The molecule has 0 fully saturated rings. The maximum Gasteiger partial charge on any atom is 0.242 e. The van der Waals surface area contributed by atoms with E-state index in [9.17, 15) is 9.59 Å². The first kappa shape index (κ1) is 23.1. The van der Waals surface area contributed by atoms with Crippen molar-refractivity contribution in [2.45, 2.75) is 54.1 Å². The summed E-state index contributed by atoms with van der Waals surface area (Å²) in [5.74, 6) is 0.374. The van der Waals surface area contributed by atoms with Gasteiger partial charge in [0.05, 0.1) is 13.1 Å². The van der Waals surface area contributed by atoms with E-state index in [4.69, 9.17) is 0 Å². The van der Waals surface area contributed by atoms with E-state index in [1.807, 2.05) is 73.5 Å². The summed E-state index contributed by atoms with van der Waals surface area (Å²) in [7, 11) is 0. The monoisotopic (exact) mass is 414 g/mol. The maximum absolute atomic E-state index is 13.3. The van der Waals surface area contributed by atoms with Crippen LogP contribution in [0.25, 0.3) is 0 Å². The standard InChI is InChI=1S/C24H34N2O2S/c1-6-19(2)15-26(23(28)24(3,4)5)18-22(27)25(17-21-13-10-14-29-21)16-20-11-8-7-9-12-20/h7-14,19H,6,15-18H2,1-5H3/t19-/m1/s1. The minimum absolute atomic E-state index is 0.0110. The summed E-state index contributed by atoms with van der Waals surface area (Å²) in [4.78, 5) is 31.1. The van der Waals surface area contributed by atoms with Gasteiger partial charge in [0.15, 0.2) is 0 Å². The summed E-state index contributed by atoms with van der Waals surface area (Å²) in [6, 6.07) is 14.1. The molecular weight excluding hydrogens is 380 g/mol. The fraction of sp³-hybridized carbons (Fsp3) is 0.500. The number of hydrogen-bond donors (Lipinski definition) is 0. The summed E-state index contributed by atoms with van der Waals surface area (Å²) in [6.07, 6.45) is 0.977. The fourth-order valence-electron chi connectivity index (χ4n) is 3.09. The molecule has 0 radical (unpaired) electrons. The van der Waals surface area contributed by atoms with Crippen molar-refractivity contribution >= 4 is 23.2 Å². The van der Waals surface area contributed by atoms with Crippen molar-refractivity contribution in [3.05, 3.63) is 58.3 Å². The lowest BCUT2D eigenvalue weighted by atomic mass is 9.94. The SMILES string of the molecule is CC[C@@H](C)CN(CC(=O)N(Cc1ccccc1)Cc1cccs1)C(=O)C(C)(C)C. The van der Waals surface area contributed by atoms with Gasteiger partial charge in [-0.25, -0.2) is 0 Å². The maximum atomic E-state index is 13.3. The van der Waals surface area contributed by atoms with E-state index in [1.165, 1.54) is 0 Å². The Bertz CT molecular complexity index is 766. The quantitative estimate of drug-likeness (QED) is 0.566. The summed E-state index contributed by atoms with van der Waals surface area (Å²) in [5.41, 5.74) is 0.583. The molecule has 0 saturated heterocycles. The summed E-state index contributed by atoms with van der Waals surface area (Å²) < 4.78 is 0. The van der Waals surface area contributed by atoms with E-state index < -0.39 is 5.41 Å². The van der Waals surface area contributed by atoms with Gasteiger partial charge < -0.3 is 9.80 Å². The van der Waals surface area contributed by atoms with Crippen LogP contribution >= 0.6 is 11.3 Å². The highest BCUT2D eigenvalue weighted by molar-refractivity contribution is 7.09. The van der Waals surface area contributed by atoms with Crippen molar-refractivity contribution in [2.75, 3.05) is 13.1 Å². The highest BCUT2D eigenvalue weighted by atomic mass is 32.1. The van der Waals surface area contributed by atoms with Crippen LogP contribution < -0.4 is 0 Å². The molecule has 2 aromatic rings. The van der Waals surface area contributed by atoms with E-state index in [1.54, 1.807) is 16.2 Å². The van der Waals surface area contributed by atoms with Crippen LogP contribution in [0, 0.1) is 11.3 Å². The van der Waals surface area contributed by atoms with E-state index in [0.717, 1.165) is 16.9 Å². The van der Waals surface area contributed by atoms with Crippen LogP contribution in [0.5, 0.6) is 0 Å². The van der Waals surface area contributed by atoms with Crippen LogP contribution in [0.4, 0.5) is 0 Å². The molecule has 5 heteroatoms. The molecule has 0 bridgehead atoms. The Balaban J connectivity index is 2.20. The van der Waals surface area contributed by atoms with E-state index in [0.29, 0.717) is 25.6 Å². The van der Waals surface area contributed by atoms with E-state index in [-0.39, 0.29) is 18.4 Å². The van der Waals surface area contributed by atoms with Crippen molar-refractivity contribution in [1.82, 2.24) is 9.80 Å². The summed E-state index contributed by atoms with van der Waals surface area (Å²) >= 11 is 1.65. The first-order valence-electron chi connectivity index (χ1n) is 10.3. The lowest BCUT2D eigenvalue weighted by molar-refractivity contribution is -0.146. The molecule has 1 heterocycles. The molecule has 29 heavy (non-hydrogen) atoms. The van der Waals surface area contributed by atoms with Crippen LogP contribution in [0.15, 0.2) is 47.8 Å². The largest absolute Gasteiger partial charge is 0.333 e. The van der Waals surface area contributed by atoms with Gasteiger partial charge in [-0.2, -0.15) is 0 Å². The van der Waals surface area contributed by atoms with Gasteiger partial charge in [0.25, 0.3) is 0 Å². The molecule has 158 valence electrons. The second-order valence-corrected chi connectivity index (χ2v) is 9.80. The van der Waals surface area contributed by atoms with Gasteiger partial charge in [-0.3, -0.25) is 9.59 Å².